The SMILES string of the molecule is C=C(c1ccc(-c2ccc(CCC3CCN(CC(C)(C)F)CC3)cn2)cc1F)N1CCCC1.CC.CC.CC. The van der Waals surface area contributed by atoms with E-state index in [0.29, 0.717) is 18.0 Å². The van der Waals surface area contributed by atoms with Gasteiger partial charge in [0.1, 0.15) is 11.5 Å². The van der Waals surface area contributed by atoms with Crippen molar-refractivity contribution in [3.05, 3.63) is 60.1 Å². The molecule has 3 heterocycles. The third kappa shape index (κ3) is 11.4. The van der Waals surface area contributed by atoms with Gasteiger partial charge in [-0.3, -0.25) is 4.98 Å². The maximum absolute atomic E-state index is 14.8. The van der Waals surface area contributed by atoms with Crippen molar-refractivity contribution >= 4 is 5.70 Å². The zero-order chi connectivity index (χ0) is 29.4. The maximum Gasteiger partial charge on any atom is 0.133 e. The second-order valence-electron chi connectivity index (χ2n) is 10.4. The van der Waals surface area contributed by atoms with Gasteiger partial charge in [-0.15, -0.1) is 0 Å². The summed E-state index contributed by atoms with van der Waals surface area (Å²) in [5, 5.41) is 0. The van der Waals surface area contributed by atoms with Gasteiger partial charge in [0.2, 0.25) is 0 Å². The Hall–Kier alpha value is -2.27. The van der Waals surface area contributed by atoms with E-state index in [4.69, 9.17) is 0 Å². The van der Waals surface area contributed by atoms with E-state index in [2.05, 4.69) is 27.4 Å². The van der Waals surface area contributed by atoms with Gasteiger partial charge in [0, 0.05) is 42.7 Å². The quantitative estimate of drug-likeness (QED) is 0.330. The van der Waals surface area contributed by atoms with Crippen LogP contribution < -0.4 is 0 Å². The predicted octanol–water partition coefficient (Wildman–Crippen LogP) is 9.43. The molecule has 0 saturated carbocycles. The van der Waals surface area contributed by atoms with Gasteiger partial charge in [-0.25, -0.2) is 8.78 Å². The minimum absolute atomic E-state index is 0.238. The second kappa shape index (κ2) is 18.1. The zero-order valence-electron chi connectivity index (χ0n) is 26.1. The summed E-state index contributed by atoms with van der Waals surface area (Å²) in [6, 6.07) is 9.44. The molecule has 0 aliphatic carbocycles. The van der Waals surface area contributed by atoms with Gasteiger partial charge in [-0.1, -0.05) is 60.3 Å². The van der Waals surface area contributed by atoms with E-state index in [9.17, 15) is 8.78 Å². The van der Waals surface area contributed by atoms with Crippen molar-refractivity contribution in [3.63, 3.8) is 0 Å². The van der Waals surface area contributed by atoms with E-state index in [-0.39, 0.29) is 5.82 Å². The third-order valence-electron chi connectivity index (χ3n) is 7.04. The van der Waals surface area contributed by atoms with Crippen LogP contribution in [0.3, 0.4) is 0 Å². The molecule has 0 radical (unpaired) electrons. The van der Waals surface area contributed by atoms with E-state index in [1.54, 1.807) is 19.9 Å². The number of alkyl halides is 1. The van der Waals surface area contributed by atoms with E-state index < -0.39 is 5.67 Å². The summed E-state index contributed by atoms with van der Waals surface area (Å²) >= 11 is 0. The molecular formula is C34H55F2N3. The van der Waals surface area contributed by atoms with Crippen LogP contribution in [-0.2, 0) is 6.42 Å². The molecule has 0 spiro atoms. The average molecular weight is 544 g/mol. The van der Waals surface area contributed by atoms with Crippen molar-refractivity contribution < 1.29 is 8.78 Å². The Kier molecular flexibility index (Phi) is 16.2. The van der Waals surface area contributed by atoms with E-state index in [1.165, 1.54) is 5.56 Å². The molecule has 5 heteroatoms. The van der Waals surface area contributed by atoms with Gasteiger partial charge in [0.05, 0.1) is 5.69 Å². The first-order valence-electron chi connectivity index (χ1n) is 15.4. The van der Waals surface area contributed by atoms with E-state index in [1.807, 2.05) is 65.9 Å². The second-order valence-corrected chi connectivity index (χ2v) is 10.4. The fourth-order valence-corrected chi connectivity index (χ4v) is 5.14. The highest BCUT2D eigenvalue weighted by molar-refractivity contribution is 5.67. The molecule has 4 rings (SSSR count). The predicted molar refractivity (Wildman–Crippen MR) is 166 cm³/mol. The largest absolute Gasteiger partial charge is 0.371 e. The summed E-state index contributed by atoms with van der Waals surface area (Å²) in [6.07, 6.45) is 8.61. The molecule has 1 aromatic carbocycles. The molecule has 0 amide bonds. The molecule has 0 atom stereocenters. The number of pyridine rings is 1. The number of aryl methyl sites for hydroxylation is 1. The van der Waals surface area contributed by atoms with Gasteiger partial charge >= 0.3 is 0 Å². The first kappa shape index (κ1) is 34.8. The standard InChI is InChI=1S/C28H37F2N3.3C2H6/c1-21(33-14-4-5-15-33)25-10-9-24(18-26(25)29)27-11-8-23(19-31-27)7-6-22-12-16-32(17-13-22)20-28(2,3)30;3*1-2/h8-11,18-19,22H,1,4-7,12-17,20H2,2-3H3;3*1-2H3. The van der Waals surface area contributed by atoms with Crippen LogP contribution in [-0.4, -0.2) is 53.2 Å². The van der Waals surface area contributed by atoms with Crippen LogP contribution in [0.5, 0.6) is 0 Å². The summed E-state index contributed by atoms with van der Waals surface area (Å²) in [6.45, 7) is 23.8. The van der Waals surface area contributed by atoms with Crippen LogP contribution in [0.1, 0.15) is 98.6 Å². The Morgan fingerprint density at radius 3 is 2.08 bits per heavy atom. The lowest BCUT2D eigenvalue weighted by Crippen LogP contribution is -2.41. The number of benzene rings is 1. The lowest BCUT2D eigenvalue weighted by Gasteiger charge is -2.34. The highest BCUT2D eigenvalue weighted by atomic mass is 19.1. The molecule has 2 aromatic rings. The summed E-state index contributed by atoms with van der Waals surface area (Å²) in [5.41, 5.74) is 3.03. The fourth-order valence-electron chi connectivity index (χ4n) is 5.14. The summed E-state index contributed by atoms with van der Waals surface area (Å²) in [5.74, 6) is 0.451. The monoisotopic (exact) mass is 543 g/mol. The number of aromatic nitrogens is 1. The van der Waals surface area contributed by atoms with Crippen LogP contribution in [0.25, 0.3) is 17.0 Å². The minimum Gasteiger partial charge on any atom is -0.371 e. The normalized spacial score (nSPS) is 15.8. The molecule has 0 bridgehead atoms. The van der Waals surface area contributed by atoms with Crippen molar-refractivity contribution in [3.8, 4) is 11.3 Å². The van der Waals surface area contributed by atoms with Crippen molar-refractivity contribution in [2.24, 2.45) is 5.92 Å². The molecule has 39 heavy (non-hydrogen) atoms. The highest BCUT2D eigenvalue weighted by Gasteiger charge is 2.25. The molecule has 2 aliphatic heterocycles. The van der Waals surface area contributed by atoms with E-state index >= 15 is 0 Å². The maximum atomic E-state index is 14.8. The molecule has 3 nitrogen and oxygen atoms in total. The molecule has 220 valence electrons. The van der Waals surface area contributed by atoms with Gasteiger partial charge in [-0.05, 0) is 95.1 Å². The van der Waals surface area contributed by atoms with Gasteiger partial charge in [0.15, 0.2) is 0 Å². The lowest BCUT2D eigenvalue weighted by atomic mass is 9.90. The van der Waals surface area contributed by atoms with Gasteiger partial charge < -0.3 is 9.80 Å². The Labute approximate surface area is 238 Å². The Morgan fingerprint density at radius 1 is 0.949 bits per heavy atom. The summed E-state index contributed by atoms with van der Waals surface area (Å²) in [7, 11) is 0. The Bertz CT molecular complexity index is 936. The third-order valence-corrected chi connectivity index (χ3v) is 7.04. The van der Waals surface area contributed by atoms with Gasteiger partial charge in [0.25, 0.3) is 0 Å². The Morgan fingerprint density at radius 2 is 1.56 bits per heavy atom. The van der Waals surface area contributed by atoms with Crippen molar-refractivity contribution in [1.82, 2.24) is 14.8 Å². The summed E-state index contributed by atoms with van der Waals surface area (Å²) < 4.78 is 28.7. The number of likely N-dealkylation sites (tertiary alicyclic amines) is 2. The first-order chi connectivity index (χ1) is 18.8. The topological polar surface area (TPSA) is 19.4 Å². The molecule has 2 fully saturated rings. The van der Waals surface area contributed by atoms with Crippen LogP contribution in [0.15, 0.2) is 43.1 Å². The number of hydrogen-bond donors (Lipinski definition) is 0. The molecule has 2 aliphatic rings. The first-order valence-corrected chi connectivity index (χ1v) is 15.4. The molecule has 0 unspecified atom stereocenters. The fraction of sp³-hybridized carbons (Fsp3) is 0.618. The molecule has 0 N–H and O–H groups in total. The average Bonchev–Trinajstić information content (AvgIpc) is 3.50. The van der Waals surface area contributed by atoms with Crippen LogP contribution in [0, 0.1) is 11.7 Å². The zero-order valence-corrected chi connectivity index (χ0v) is 26.1. The minimum atomic E-state index is -1.12. The molecule has 1 aromatic heterocycles. The van der Waals surface area contributed by atoms with Crippen molar-refractivity contribution in [1.29, 1.82) is 0 Å². The molecular weight excluding hydrogens is 488 g/mol. The van der Waals surface area contributed by atoms with Crippen LogP contribution in [0.2, 0.25) is 0 Å². The van der Waals surface area contributed by atoms with Crippen LogP contribution in [0.4, 0.5) is 8.78 Å². The van der Waals surface area contributed by atoms with Crippen molar-refractivity contribution in [2.75, 3.05) is 32.7 Å². The van der Waals surface area contributed by atoms with Crippen LogP contribution >= 0.6 is 0 Å². The summed E-state index contributed by atoms with van der Waals surface area (Å²) in [4.78, 5) is 9.02. The highest BCUT2D eigenvalue weighted by Crippen LogP contribution is 2.28. The lowest BCUT2D eigenvalue weighted by molar-refractivity contribution is 0.0943. The molecule has 2 saturated heterocycles. The van der Waals surface area contributed by atoms with Crippen molar-refractivity contribution in [2.45, 2.75) is 99.6 Å². The number of halogens is 2. The Balaban J connectivity index is 0.00000119. The number of piperidine rings is 1. The van der Waals surface area contributed by atoms with E-state index in [0.717, 1.165) is 81.7 Å². The van der Waals surface area contributed by atoms with Gasteiger partial charge in [-0.2, -0.15) is 0 Å². The number of rotatable bonds is 8. The number of nitrogens with zero attached hydrogens (tertiary/aromatic N) is 3. The number of hydrogen-bond acceptors (Lipinski definition) is 3. The smallest absolute Gasteiger partial charge is 0.133 e.